The van der Waals surface area contributed by atoms with Crippen LogP contribution in [0, 0.1) is 0 Å². The molecule has 0 amide bonds. The lowest BCUT2D eigenvalue weighted by atomic mass is 10.0. The first-order valence-electron chi connectivity index (χ1n) is 5.07. The molecule has 0 aliphatic carbocycles. The van der Waals surface area contributed by atoms with Crippen molar-refractivity contribution in [3.05, 3.63) is 33.8 Å². The van der Waals surface area contributed by atoms with Crippen molar-refractivity contribution in [2.24, 2.45) is 5.84 Å². The summed E-state index contributed by atoms with van der Waals surface area (Å²) in [4.78, 5) is 0. The smallest absolute Gasteiger partial charge is 0.0624 e. The summed E-state index contributed by atoms with van der Waals surface area (Å²) in [5, 5.41) is 1.17. The molecule has 1 rings (SSSR count). The van der Waals surface area contributed by atoms with Crippen LogP contribution in [0.3, 0.4) is 0 Å². The summed E-state index contributed by atoms with van der Waals surface area (Å²) in [7, 11) is 1.67. The summed E-state index contributed by atoms with van der Waals surface area (Å²) in [6.45, 7) is 0.660. The maximum atomic E-state index is 6.10. The van der Waals surface area contributed by atoms with Gasteiger partial charge in [-0.25, -0.2) is 0 Å². The summed E-state index contributed by atoms with van der Waals surface area (Å²) in [6, 6.07) is 5.74. The Balaban J connectivity index is 2.66. The lowest BCUT2D eigenvalue weighted by molar-refractivity contribution is 0.182. The van der Waals surface area contributed by atoms with E-state index in [0.29, 0.717) is 16.7 Å². The first kappa shape index (κ1) is 13.7. The molecular weight excluding hydrogens is 247 g/mol. The zero-order valence-electron chi connectivity index (χ0n) is 9.17. The van der Waals surface area contributed by atoms with Gasteiger partial charge in [0, 0.05) is 19.8 Å². The van der Waals surface area contributed by atoms with Gasteiger partial charge in [0.25, 0.3) is 0 Å². The van der Waals surface area contributed by atoms with Crippen LogP contribution in [-0.2, 0) is 11.2 Å². The Hall–Kier alpha value is -0.320. The second-order valence-electron chi connectivity index (χ2n) is 3.56. The van der Waals surface area contributed by atoms with E-state index in [4.69, 9.17) is 33.8 Å². The third-order valence-corrected chi connectivity index (χ3v) is 3.26. The molecule has 0 radical (unpaired) electrons. The molecule has 1 unspecified atom stereocenters. The van der Waals surface area contributed by atoms with Crippen LogP contribution >= 0.6 is 23.2 Å². The van der Waals surface area contributed by atoms with E-state index in [2.05, 4.69) is 5.43 Å². The van der Waals surface area contributed by atoms with E-state index >= 15 is 0 Å². The highest BCUT2D eigenvalue weighted by Gasteiger charge is 2.11. The second-order valence-corrected chi connectivity index (χ2v) is 4.35. The Morgan fingerprint density at radius 2 is 2.19 bits per heavy atom. The highest BCUT2D eigenvalue weighted by Crippen LogP contribution is 2.26. The predicted octanol–water partition coefficient (Wildman–Crippen LogP) is 2.40. The number of nitrogens with two attached hydrogens (primary N) is 1. The topological polar surface area (TPSA) is 47.3 Å². The molecule has 1 aromatic rings. The van der Waals surface area contributed by atoms with E-state index in [1.807, 2.05) is 12.1 Å². The summed E-state index contributed by atoms with van der Waals surface area (Å²) >= 11 is 12.0. The van der Waals surface area contributed by atoms with Gasteiger partial charge in [-0.15, -0.1) is 0 Å². The van der Waals surface area contributed by atoms with Gasteiger partial charge in [-0.3, -0.25) is 11.3 Å². The molecule has 90 valence electrons. The van der Waals surface area contributed by atoms with E-state index in [9.17, 15) is 0 Å². The van der Waals surface area contributed by atoms with Crippen molar-refractivity contribution < 1.29 is 4.74 Å². The highest BCUT2D eigenvalue weighted by molar-refractivity contribution is 6.42. The van der Waals surface area contributed by atoms with Gasteiger partial charge in [0.05, 0.1) is 10.0 Å². The quantitative estimate of drug-likeness (QED) is 0.612. The van der Waals surface area contributed by atoms with E-state index in [1.165, 1.54) is 0 Å². The molecule has 5 heteroatoms. The fourth-order valence-corrected chi connectivity index (χ4v) is 1.87. The Labute approximate surface area is 106 Å². The normalized spacial score (nSPS) is 12.8. The number of methoxy groups -OCH3 is 1. The molecule has 0 fully saturated rings. The fraction of sp³-hybridized carbons (Fsp3) is 0.455. The van der Waals surface area contributed by atoms with E-state index < -0.39 is 0 Å². The van der Waals surface area contributed by atoms with Crippen LogP contribution in [0.5, 0.6) is 0 Å². The van der Waals surface area contributed by atoms with Crippen LogP contribution in [0.15, 0.2) is 18.2 Å². The Bertz CT molecular complexity index is 334. The van der Waals surface area contributed by atoms with E-state index in [0.717, 1.165) is 18.4 Å². The zero-order valence-corrected chi connectivity index (χ0v) is 10.7. The molecule has 16 heavy (non-hydrogen) atoms. The highest BCUT2D eigenvalue weighted by atomic mass is 35.5. The van der Waals surface area contributed by atoms with Gasteiger partial charge >= 0.3 is 0 Å². The first-order valence-corrected chi connectivity index (χ1v) is 5.82. The number of ether oxygens (including phenoxy) is 1. The summed E-state index contributed by atoms with van der Waals surface area (Å²) in [5.41, 5.74) is 3.74. The third kappa shape index (κ3) is 3.92. The van der Waals surface area contributed by atoms with Crippen molar-refractivity contribution in [1.29, 1.82) is 0 Å². The number of rotatable bonds is 6. The van der Waals surface area contributed by atoms with Crippen LogP contribution in [0.25, 0.3) is 0 Å². The number of benzene rings is 1. The molecule has 0 bridgehead atoms. The van der Waals surface area contributed by atoms with Crippen LogP contribution in [0.4, 0.5) is 0 Å². The molecule has 0 heterocycles. The molecular formula is C11H16Cl2N2O. The van der Waals surface area contributed by atoms with Gasteiger partial charge in [0.2, 0.25) is 0 Å². The van der Waals surface area contributed by atoms with Crippen molar-refractivity contribution in [3.63, 3.8) is 0 Å². The van der Waals surface area contributed by atoms with Crippen molar-refractivity contribution in [3.8, 4) is 0 Å². The standard InChI is InChI=1S/C11H16Cl2N2O/c1-16-6-5-9(15-14)7-8-3-2-4-10(12)11(8)13/h2-4,9,15H,5-7,14H2,1H3. The van der Waals surface area contributed by atoms with E-state index in [-0.39, 0.29) is 6.04 Å². The molecule has 0 aliphatic rings. The van der Waals surface area contributed by atoms with Gasteiger partial charge in [-0.2, -0.15) is 0 Å². The maximum absolute atomic E-state index is 6.10. The molecule has 0 aliphatic heterocycles. The molecule has 0 spiro atoms. The van der Waals surface area contributed by atoms with Crippen molar-refractivity contribution in [2.75, 3.05) is 13.7 Å². The number of hydrazine groups is 1. The van der Waals surface area contributed by atoms with Crippen LogP contribution in [0.1, 0.15) is 12.0 Å². The lowest BCUT2D eigenvalue weighted by Gasteiger charge is -2.16. The minimum absolute atomic E-state index is 0.135. The SMILES string of the molecule is COCCC(Cc1cccc(Cl)c1Cl)NN. The average molecular weight is 263 g/mol. The molecule has 0 saturated carbocycles. The van der Waals surface area contributed by atoms with Gasteiger partial charge in [-0.1, -0.05) is 35.3 Å². The Kier molecular flexibility index (Phi) is 6.09. The Morgan fingerprint density at radius 1 is 1.44 bits per heavy atom. The minimum atomic E-state index is 0.135. The second kappa shape index (κ2) is 7.09. The molecule has 1 aromatic carbocycles. The molecule has 0 saturated heterocycles. The number of hydrogen-bond donors (Lipinski definition) is 2. The maximum Gasteiger partial charge on any atom is 0.0624 e. The Morgan fingerprint density at radius 3 is 2.81 bits per heavy atom. The largest absolute Gasteiger partial charge is 0.385 e. The summed E-state index contributed by atoms with van der Waals surface area (Å²) < 4.78 is 5.01. The van der Waals surface area contributed by atoms with Gasteiger partial charge in [-0.05, 0) is 24.5 Å². The first-order chi connectivity index (χ1) is 7.69. The minimum Gasteiger partial charge on any atom is -0.385 e. The molecule has 3 N–H and O–H groups in total. The van der Waals surface area contributed by atoms with Crippen molar-refractivity contribution in [2.45, 2.75) is 18.9 Å². The van der Waals surface area contributed by atoms with Gasteiger partial charge in [0.1, 0.15) is 0 Å². The number of nitrogens with one attached hydrogen (secondary N) is 1. The predicted molar refractivity (Wildman–Crippen MR) is 67.8 cm³/mol. The van der Waals surface area contributed by atoms with Gasteiger partial charge < -0.3 is 4.74 Å². The molecule has 0 aromatic heterocycles. The lowest BCUT2D eigenvalue weighted by Crippen LogP contribution is -2.37. The van der Waals surface area contributed by atoms with E-state index in [1.54, 1.807) is 13.2 Å². The average Bonchev–Trinajstić information content (AvgIpc) is 2.30. The van der Waals surface area contributed by atoms with Gasteiger partial charge in [0.15, 0.2) is 0 Å². The fourth-order valence-electron chi connectivity index (χ4n) is 1.48. The molecule has 1 atom stereocenters. The summed E-state index contributed by atoms with van der Waals surface area (Å²) in [6.07, 6.45) is 1.56. The monoisotopic (exact) mass is 262 g/mol. The summed E-state index contributed by atoms with van der Waals surface area (Å²) in [5.74, 6) is 5.47. The number of hydrogen-bond acceptors (Lipinski definition) is 3. The van der Waals surface area contributed by atoms with Crippen LogP contribution in [0.2, 0.25) is 10.0 Å². The number of halogens is 2. The van der Waals surface area contributed by atoms with Crippen molar-refractivity contribution >= 4 is 23.2 Å². The third-order valence-electron chi connectivity index (χ3n) is 2.40. The van der Waals surface area contributed by atoms with Crippen molar-refractivity contribution in [1.82, 2.24) is 5.43 Å². The van der Waals surface area contributed by atoms with Crippen LogP contribution in [-0.4, -0.2) is 19.8 Å². The zero-order chi connectivity index (χ0) is 12.0. The molecule has 3 nitrogen and oxygen atoms in total. The van der Waals surface area contributed by atoms with Crippen LogP contribution < -0.4 is 11.3 Å².